The molecule has 2 aromatic rings. The van der Waals surface area contributed by atoms with Crippen molar-refractivity contribution in [2.24, 2.45) is 5.73 Å². The van der Waals surface area contributed by atoms with Gasteiger partial charge in [0, 0.05) is 25.7 Å². The van der Waals surface area contributed by atoms with E-state index in [1.54, 1.807) is 16.8 Å². The molecule has 1 aliphatic heterocycles. The van der Waals surface area contributed by atoms with Gasteiger partial charge in [0.25, 0.3) is 0 Å². The fourth-order valence-corrected chi connectivity index (χ4v) is 4.21. The van der Waals surface area contributed by atoms with E-state index in [2.05, 4.69) is 24.1 Å². The lowest BCUT2D eigenvalue weighted by atomic mass is 9.86. The Morgan fingerprint density at radius 1 is 1.03 bits per heavy atom. The van der Waals surface area contributed by atoms with Crippen LogP contribution in [0.3, 0.4) is 0 Å². The largest absolute Gasteiger partial charge is 0.484 e. The maximum absolute atomic E-state index is 8.67. The lowest BCUT2D eigenvalue weighted by Crippen LogP contribution is -2.42. The fraction of sp³-hybridized carbons (Fsp3) is 0.455. The second kappa shape index (κ2) is 8.39. The van der Waals surface area contributed by atoms with Gasteiger partial charge in [-0.25, -0.2) is 0 Å². The maximum Gasteiger partial charge on any atom is 0.203 e. The molecule has 0 unspecified atom stereocenters. The van der Waals surface area contributed by atoms with Crippen LogP contribution < -0.4 is 16.0 Å². The number of hydrogen-bond acceptors (Lipinski definition) is 5. The fourth-order valence-electron chi connectivity index (χ4n) is 4.21. The van der Waals surface area contributed by atoms with Crippen LogP contribution in [0.1, 0.15) is 42.5 Å². The average Bonchev–Trinajstić information content (AvgIpc) is 2.95. The van der Waals surface area contributed by atoms with Crippen LogP contribution in [0.15, 0.2) is 42.6 Å². The molecule has 0 radical (unpaired) electrons. The second-order valence-electron chi connectivity index (χ2n) is 8.01. The number of aromatic nitrogens is 1. The van der Waals surface area contributed by atoms with Gasteiger partial charge in [0.1, 0.15) is 17.3 Å². The predicted octanol–water partition coefficient (Wildman–Crippen LogP) is 2.30. The summed E-state index contributed by atoms with van der Waals surface area (Å²) in [6.07, 6.45) is 4.47. The van der Waals surface area contributed by atoms with Crippen molar-refractivity contribution in [3.8, 4) is 5.75 Å². The summed E-state index contributed by atoms with van der Waals surface area (Å²) in [4.78, 5) is 4.32. The minimum absolute atomic E-state index is 0.0564. The van der Waals surface area contributed by atoms with Crippen molar-refractivity contribution >= 4 is 5.96 Å². The van der Waals surface area contributed by atoms with Crippen LogP contribution in [0.25, 0.3) is 0 Å². The van der Waals surface area contributed by atoms with Crippen molar-refractivity contribution in [3.63, 3.8) is 0 Å². The monoisotopic (exact) mass is 394 g/mol. The molecule has 1 aliphatic carbocycles. The summed E-state index contributed by atoms with van der Waals surface area (Å²) in [5, 5.41) is 17.0. The molecule has 4 N–H and O–H groups in total. The number of likely N-dealkylation sites (N-methyl/N-ethyl adjacent to an activating group) is 1. The Balaban J connectivity index is 1.55. The maximum atomic E-state index is 8.67. The Kier molecular flexibility index (Phi) is 5.69. The highest BCUT2D eigenvalue weighted by Gasteiger charge is 2.26. The second-order valence-corrected chi connectivity index (χ2v) is 8.01. The van der Waals surface area contributed by atoms with Crippen LogP contribution in [0, 0.1) is 10.8 Å². The molecule has 4 rings (SSSR count). The zero-order chi connectivity index (χ0) is 20.4. The van der Waals surface area contributed by atoms with E-state index in [9.17, 15) is 0 Å². The highest BCUT2D eigenvalue weighted by atomic mass is 16.5. The molecule has 0 saturated carbocycles. The molecule has 2 heterocycles. The zero-order valence-electron chi connectivity index (χ0n) is 17.0. The number of ether oxygens (including phenoxy) is 1. The molecule has 2 aliphatic rings. The van der Waals surface area contributed by atoms with Crippen molar-refractivity contribution in [2.75, 3.05) is 33.2 Å². The van der Waals surface area contributed by atoms with Gasteiger partial charge in [-0.3, -0.25) is 15.4 Å². The molecule has 1 aromatic carbocycles. The number of benzene rings is 1. The molecule has 0 amide bonds. The van der Waals surface area contributed by atoms with E-state index >= 15 is 0 Å². The van der Waals surface area contributed by atoms with E-state index in [1.807, 2.05) is 23.1 Å². The number of nitrogens with zero attached hydrogens (tertiary/aromatic N) is 3. The summed E-state index contributed by atoms with van der Waals surface area (Å²) in [5.41, 5.74) is 8.84. The molecule has 0 spiro atoms. The topological polar surface area (TPSA) is 94.4 Å². The van der Waals surface area contributed by atoms with E-state index in [4.69, 9.17) is 21.3 Å². The van der Waals surface area contributed by atoms with E-state index in [0.29, 0.717) is 11.7 Å². The third kappa shape index (κ3) is 4.21. The third-order valence-electron chi connectivity index (χ3n) is 5.93. The van der Waals surface area contributed by atoms with Gasteiger partial charge in [-0.15, -0.1) is 0 Å². The summed E-state index contributed by atoms with van der Waals surface area (Å²) < 4.78 is 7.93. The Morgan fingerprint density at radius 2 is 1.83 bits per heavy atom. The average molecular weight is 395 g/mol. The minimum atomic E-state index is -0.0583. The van der Waals surface area contributed by atoms with E-state index in [1.165, 1.54) is 0 Å². The van der Waals surface area contributed by atoms with Gasteiger partial charge in [-0.05, 0) is 56.1 Å². The van der Waals surface area contributed by atoms with Gasteiger partial charge in [0.05, 0.1) is 6.20 Å². The standard InChI is InChI=1S/C22H30N6O/c1-26-11-4-12-27(14-13-26)22(25)28-15-16(7-10-21(28)24)29-20-9-8-19(23)17-5-2-3-6-18(17)20/h2-3,5-7,10,15,19-20,24-25H,4,8-9,11-14,23H2,1H3/t19-,20+/m0/s1. The van der Waals surface area contributed by atoms with Crippen LogP contribution in [0.4, 0.5) is 0 Å². The smallest absolute Gasteiger partial charge is 0.203 e. The SMILES string of the molecule is CN1CCCN(C(=N)n2cc(O[C@@H]3CC[C@H](N)c4ccccc43)ccc2=N)CC1. The predicted molar refractivity (Wildman–Crippen MR) is 113 cm³/mol. The molecule has 154 valence electrons. The zero-order valence-corrected chi connectivity index (χ0v) is 17.0. The first-order valence-electron chi connectivity index (χ1n) is 10.3. The Morgan fingerprint density at radius 3 is 2.66 bits per heavy atom. The normalized spacial score (nSPS) is 22.6. The van der Waals surface area contributed by atoms with Crippen LogP contribution in [0.2, 0.25) is 0 Å². The number of fused-ring (bicyclic) bond motifs is 1. The summed E-state index contributed by atoms with van der Waals surface area (Å²) in [5.74, 6) is 1.01. The number of nitrogens with one attached hydrogen (secondary N) is 2. The van der Waals surface area contributed by atoms with E-state index < -0.39 is 0 Å². The number of pyridine rings is 1. The number of hydrogen-bond donors (Lipinski definition) is 3. The summed E-state index contributed by atoms with van der Waals surface area (Å²) in [6.45, 7) is 3.58. The van der Waals surface area contributed by atoms with Crippen molar-refractivity contribution < 1.29 is 4.74 Å². The first kappa shape index (κ1) is 19.7. The Labute approximate surface area is 171 Å². The van der Waals surface area contributed by atoms with Crippen molar-refractivity contribution in [2.45, 2.75) is 31.4 Å². The van der Waals surface area contributed by atoms with Gasteiger partial charge < -0.3 is 20.3 Å². The van der Waals surface area contributed by atoms with Crippen LogP contribution in [-0.2, 0) is 0 Å². The molecule has 1 fully saturated rings. The van der Waals surface area contributed by atoms with Crippen molar-refractivity contribution in [3.05, 3.63) is 59.2 Å². The summed E-state index contributed by atoms with van der Waals surface area (Å²) >= 11 is 0. The lowest BCUT2D eigenvalue weighted by Gasteiger charge is -2.30. The van der Waals surface area contributed by atoms with Gasteiger partial charge in [0.2, 0.25) is 5.96 Å². The third-order valence-corrected chi connectivity index (χ3v) is 5.93. The Hall–Kier alpha value is -2.64. The molecule has 7 nitrogen and oxygen atoms in total. The first-order valence-corrected chi connectivity index (χ1v) is 10.3. The Bertz CT molecular complexity index is 939. The summed E-state index contributed by atoms with van der Waals surface area (Å²) in [7, 11) is 2.11. The lowest BCUT2D eigenvalue weighted by molar-refractivity contribution is 0.176. The number of nitrogens with two attached hydrogens (primary N) is 1. The minimum Gasteiger partial charge on any atom is -0.484 e. The van der Waals surface area contributed by atoms with Crippen molar-refractivity contribution in [1.29, 1.82) is 10.8 Å². The van der Waals surface area contributed by atoms with Crippen LogP contribution in [0.5, 0.6) is 5.75 Å². The van der Waals surface area contributed by atoms with Crippen molar-refractivity contribution in [1.82, 2.24) is 14.4 Å². The van der Waals surface area contributed by atoms with Gasteiger partial charge in [-0.2, -0.15) is 0 Å². The molecule has 2 atom stereocenters. The molecule has 29 heavy (non-hydrogen) atoms. The first-order chi connectivity index (χ1) is 14.0. The molecule has 0 bridgehead atoms. The van der Waals surface area contributed by atoms with Gasteiger partial charge >= 0.3 is 0 Å². The van der Waals surface area contributed by atoms with Gasteiger partial charge in [-0.1, -0.05) is 24.3 Å². The molecule has 1 aromatic heterocycles. The quantitative estimate of drug-likeness (QED) is 0.538. The molecule has 7 heteroatoms. The van der Waals surface area contributed by atoms with Gasteiger partial charge in [0.15, 0.2) is 0 Å². The van der Waals surface area contributed by atoms with Crippen LogP contribution in [-0.4, -0.2) is 53.6 Å². The van der Waals surface area contributed by atoms with Crippen LogP contribution >= 0.6 is 0 Å². The highest BCUT2D eigenvalue weighted by molar-refractivity contribution is 5.79. The van der Waals surface area contributed by atoms with E-state index in [0.717, 1.165) is 56.6 Å². The summed E-state index contributed by atoms with van der Waals surface area (Å²) in [6, 6.07) is 11.8. The molecule has 1 saturated heterocycles. The number of rotatable bonds is 2. The highest BCUT2D eigenvalue weighted by Crippen LogP contribution is 2.37. The van der Waals surface area contributed by atoms with E-state index in [-0.39, 0.29) is 17.6 Å². The molecular formula is C22H30N6O. The molecular weight excluding hydrogens is 364 g/mol.